The Labute approximate surface area is 90.4 Å². The van der Waals surface area contributed by atoms with Crippen molar-refractivity contribution in [3.8, 4) is 5.88 Å². The van der Waals surface area contributed by atoms with Crippen molar-refractivity contribution in [1.82, 2.24) is 4.98 Å². The number of carbonyl (C=O) groups excluding carboxylic acids is 1. The van der Waals surface area contributed by atoms with Gasteiger partial charge in [0, 0.05) is 11.6 Å². The fraction of sp³-hybridized carbons (Fsp3) is 0.143. The number of hydrogen-bond donors (Lipinski definition) is 1. The maximum atomic E-state index is 11.8. The number of ether oxygens (including phenoxy) is 1. The standard InChI is InChI=1S/C7H4BrF3N2O2/c8-4-1-3(6(12)14)2-5(13-4)15-7(9,10)11/h1-2H,(H2,12,14). The molecule has 1 aromatic rings. The van der Waals surface area contributed by atoms with Crippen molar-refractivity contribution in [2.24, 2.45) is 5.73 Å². The molecule has 1 aromatic heterocycles. The molecule has 1 heterocycles. The number of alkyl halides is 3. The molecule has 2 N–H and O–H groups in total. The summed E-state index contributed by atoms with van der Waals surface area (Å²) in [4.78, 5) is 14.1. The molecule has 1 rings (SSSR count). The van der Waals surface area contributed by atoms with Gasteiger partial charge in [-0.1, -0.05) is 0 Å². The predicted octanol–water partition coefficient (Wildman–Crippen LogP) is 1.84. The van der Waals surface area contributed by atoms with Crippen molar-refractivity contribution in [3.63, 3.8) is 0 Å². The average Bonchev–Trinajstić information content (AvgIpc) is 1.99. The number of rotatable bonds is 2. The third kappa shape index (κ3) is 3.74. The molecule has 0 aliphatic rings. The van der Waals surface area contributed by atoms with Crippen LogP contribution in [0.15, 0.2) is 16.7 Å². The van der Waals surface area contributed by atoms with E-state index in [4.69, 9.17) is 5.73 Å². The van der Waals surface area contributed by atoms with E-state index in [2.05, 4.69) is 25.7 Å². The van der Waals surface area contributed by atoms with E-state index in [1.54, 1.807) is 0 Å². The van der Waals surface area contributed by atoms with Crippen LogP contribution in [0.3, 0.4) is 0 Å². The summed E-state index contributed by atoms with van der Waals surface area (Å²) in [7, 11) is 0. The summed E-state index contributed by atoms with van der Waals surface area (Å²) in [6, 6.07) is 1.99. The molecule has 0 saturated carbocycles. The number of primary amides is 1. The topological polar surface area (TPSA) is 65.2 Å². The van der Waals surface area contributed by atoms with Gasteiger partial charge < -0.3 is 10.5 Å². The van der Waals surface area contributed by atoms with Crippen molar-refractivity contribution in [2.75, 3.05) is 0 Å². The van der Waals surface area contributed by atoms with Crippen LogP contribution < -0.4 is 10.5 Å². The molecule has 1 amide bonds. The van der Waals surface area contributed by atoms with Gasteiger partial charge in [-0.25, -0.2) is 4.98 Å². The van der Waals surface area contributed by atoms with Crippen LogP contribution in [-0.2, 0) is 0 Å². The first-order valence-electron chi connectivity index (χ1n) is 3.51. The summed E-state index contributed by atoms with van der Waals surface area (Å²) >= 11 is 2.82. The Morgan fingerprint density at radius 3 is 2.53 bits per heavy atom. The summed E-state index contributed by atoms with van der Waals surface area (Å²) in [5.41, 5.74) is 4.76. The van der Waals surface area contributed by atoms with Gasteiger partial charge in [-0.05, 0) is 22.0 Å². The third-order valence-corrected chi connectivity index (χ3v) is 1.68. The van der Waals surface area contributed by atoms with E-state index in [1.165, 1.54) is 6.07 Å². The summed E-state index contributed by atoms with van der Waals surface area (Å²) in [6.07, 6.45) is -4.86. The zero-order chi connectivity index (χ0) is 11.6. The molecular weight excluding hydrogens is 281 g/mol. The maximum Gasteiger partial charge on any atom is 0.574 e. The second-order valence-electron chi connectivity index (χ2n) is 2.43. The fourth-order valence-corrected chi connectivity index (χ4v) is 1.21. The van der Waals surface area contributed by atoms with Crippen LogP contribution in [0.25, 0.3) is 0 Å². The quantitative estimate of drug-likeness (QED) is 0.843. The van der Waals surface area contributed by atoms with Crippen molar-refractivity contribution >= 4 is 21.8 Å². The monoisotopic (exact) mass is 284 g/mol. The van der Waals surface area contributed by atoms with Crippen molar-refractivity contribution in [3.05, 3.63) is 22.3 Å². The molecule has 0 radical (unpaired) electrons. The highest BCUT2D eigenvalue weighted by atomic mass is 79.9. The van der Waals surface area contributed by atoms with Gasteiger partial charge in [0.1, 0.15) is 4.60 Å². The lowest BCUT2D eigenvalue weighted by atomic mass is 10.2. The highest BCUT2D eigenvalue weighted by molar-refractivity contribution is 9.10. The van der Waals surface area contributed by atoms with Crippen molar-refractivity contribution in [2.45, 2.75) is 6.36 Å². The maximum absolute atomic E-state index is 11.8. The van der Waals surface area contributed by atoms with E-state index in [1.807, 2.05) is 0 Å². The fourth-order valence-electron chi connectivity index (χ4n) is 0.786. The number of pyridine rings is 1. The van der Waals surface area contributed by atoms with E-state index >= 15 is 0 Å². The van der Waals surface area contributed by atoms with Crippen LogP contribution >= 0.6 is 15.9 Å². The normalized spacial score (nSPS) is 11.2. The molecule has 0 fully saturated rings. The Morgan fingerprint density at radius 1 is 1.47 bits per heavy atom. The molecule has 0 aliphatic heterocycles. The minimum Gasteiger partial charge on any atom is -0.388 e. The van der Waals surface area contributed by atoms with Crippen LogP contribution in [-0.4, -0.2) is 17.3 Å². The Balaban J connectivity index is 3.04. The SMILES string of the molecule is NC(=O)c1cc(Br)nc(OC(F)(F)F)c1. The number of nitrogens with zero attached hydrogens (tertiary/aromatic N) is 1. The average molecular weight is 285 g/mol. The van der Waals surface area contributed by atoms with Gasteiger partial charge in [-0.2, -0.15) is 0 Å². The Morgan fingerprint density at radius 2 is 2.07 bits per heavy atom. The van der Waals surface area contributed by atoms with Gasteiger partial charge >= 0.3 is 6.36 Å². The van der Waals surface area contributed by atoms with E-state index in [0.29, 0.717) is 0 Å². The lowest BCUT2D eigenvalue weighted by molar-refractivity contribution is -0.276. The predicted molar refractivity (Wildman–Crippen MR) is 47.1 cm³/mol. The van der Waals surface area contributed by atoms with Crippen molar-refractivity contribution in [1.29, 1.82) is 0 Å². The molecule has 15 heavy (non-hydrogen) atoms. The number of aromatic nitrogens is 1. The van der Waals surface area contributed by atoms with Gasteiger partial charge in [-0.3, -0.25) is 4.79 Å². The Bertz CT molecular complexity index is 394. The zero-order valence-corrected chi connectivity index (χ0v) is 8.59. The summed E-state index contributed by atoms with van der Waals surface area (Å²) < 4.78 is 39.0. The molecule has 0 atom stereocenters. The lowest BCUT2D eigenvalue weighted by Gasteiger charge is -2.08. The molecule has 4 nitrogen and oxygen atoms in total. The molecule has 0 bridgehead atoms. The van der Waals surface area contributed by atoms with Crippen LogP contribution in [0.5, 0.6) is 5.88 Å². The molecular formula is C7H4BrF3N2O2. The number of nitrogens with two attached hydrogens (primary N) is 1. The van der Waals surface area contributed by atoms with Crippen LogP contribution in [0, 0.1) is 0 Å². The number of hydrogen-bond acceptors (Lipinski definition) is 3. The summed E-state index contributed by atoms with van der Waals surface area (Å²) in [6.45, 7) is 0. The van der Waals surface area contributed by atoms with Gasteiger partial charge in [0.25, 0.3) is 0 Å². The van der Waals surface area contributed by atoms with E-state index in [-0.39, 0.29) is 10.2 Å². The third-order valence-electron chi connectivity index (χ3n) is 1.28. The van der Waals surface area contributed by atoms with Crippen LogP contribution in [0.2, 0.25) is 0 Å². The highest BCUT2D eigenvalue weighted by Crippen LogP contribution is 2.23. The van der Waals surface area contributed by atoms with E-state index < -0.39 is 18.1 Å². The Hall–Kier alpha value is -1.31. The van der Waals surface area contributed by atoms with Gasteiger partial charge in [0.2, 0.25) is 11.8 Å². The highest BCUT2D eigenvalue weighted by Gasteiger charge is 2.32. The first-order chi connectivity index (χ1) is 6.78. The first-order valence-corrected chi connectivity index (χ1v) is 4.30. The van der Waals surface area contributed by atoms with Crippen molar-refractivity contribution < 1.29 is 22.7 Å². The van der Waals surface area contributed by atoms with Crippen LogP contribution in [0.1, 0.15) is 10.4 Å². The first kappa shape index (κ1) is 11.8. The molecule has 0 unspecified atom stereocenters. The van der Waals surface area contributed by atoms with Gasteiger partial charge in [0.15, 0.2) is 0 Å². The number of amides is 1. The summed E-state index contributed by atoms with van der Waals surface area (Å²) in [5.74, 6) is -1.62. The van der Waals surface area contributed by atoms with E-state index in [0.717, 1.165) is 6.07 Å². The molecule has 82 valence electrons. The van der Waals surface area contributed by atoms with E-state index in [9.17, 15) is 18.0 Å². The number of halogens is 4. The van der Waals surface area contributed by atoms with Gasteiger partial charge in [0.05, 0.1) is 0 Å². The lowest BCUT2D eigenvalue weighted by Crippen LogP contribution is -2.19. The Kier molecular flexibility index (Phi) is 3.18. The number of carbonyl (C=O) groups is 1. The van der Waals surface area contributed by atoms with Crippen LogP contribution in [0.4, 0.5) is 13.2 Å². The minimum atomic E-state index is -4.86. The second-order valence-corrected chi connectivity index (χ2v) is 3.24. The molecule has 8 heteroatoms. The molecule has 0 saturated heterocycles. The second kappa shape index (κ2) is 4.05. The smallest absolute Gasteiger partial charge is 0.388 e. The van der Waals surface area contributed by atoms with Gasteiger partial charge in [-0.15, -0.1) is 13.2 Å². The largest absolute Gasteiger partial charge is 0.574 e. The minimum absolute atomic E-state index is 0.0260. The molecule has 0 aromatic carbocycles. The molecule has 0 spiro atoms. The summed E-state index contributed by atoms with van der Waals surface area (Å²) in [5, 5.41) is 0. The zero-order valence-electron chi connectivity index (χ0n) is 7.01. The molecule has 0 aliphatic carbocycles.